The molecule has 3 N–H and O–H groups in total. The van der Waals surface area contributed by atoms with Crippen molar-refractivity contribution in [1.29, 1.82) is 0 Å². The minimum atomic E-state index is -0.424. The molecule has 0 unspecified atom stereocenters. The van der Waals surface area contributed by atoms with Crippen LogP contribution >= 0.6 is 0 Å². The maximum Gasteiger partial charge on any atom is 0.243 e. The molecule has 3 atom stereocenters. The van der Waals surface area contributed by atoms with Gasteiger partial charge in [-0.25, -0.2) is 0 Å². The van der Waals surface area contributed by atoms with Gasteiger partial charge in [-0.1, -0.05) is 0 Å². The predicted molar refractivity (Wildman–Crippen MR) is 142 cm³/mol. The van der Waals surface area contributed by atoms with Gasteiger partial charge in [0, 0.05) is 63.4 Å². The number of hydrogen-bond donors (Lipinski definition) is 3. The third kappa shape index (κ3) is 5.69. The lowest BCUT2D eigenvalue weighted by atomic mass is 10.1. The molecule has 6 rings (SSSR count). The molecule has 1 amide bonds. The maximum absolute atomic E-state index is 13.5. The highest BCUT2D eigenvalue weighted by Gasteiger charge is 2.40. The van der Waals surface area contributed by atoms with Crippen LogP contribution in [0.25, 0.3) is 0 Å². The van der Waals surface area contributed by atoms with Crippen molar-refractivity contribution in [1.82, 2.24) is 35.4 Å². The van der Waals surface area contributed by atoms with Crippen LogP contribution < -0.4 is 20.4 Å². The molecule has 2 aromatic rings. The molecule has 13 heteroatoms. The number of carbonyl (C=O) groups excluding carboxylic acids is 1. The van der Waals surface area contributed by atoms with Gasteiger partial charge in [0.1, 0.15) is 6.04 Å². The number of nitrogens with one attached hydrogen (secondary N) is 3. The van der Waals surface area contributed by atoms with Crippen LogP contribution in [0.4, 0.5) is 23.7 Å². The van der Waals surface area contributed by atoms with Crippen LogP contribution in [-0.4, -0.2) is 114 Å². The molecule has 4 aliphatic rings. The van der Waals surface area contributed by atoms with Crippen LogP contribution in [0.2, 0.25) is 0 Å². The van der Waals surface area contributed by atoms with Crippen molar-refractivity contribution in [3.63, 3.8) is 0 Å². The second-order valence-electron chi connectivity index (χ2n) is 10.8. The summed E-state index contributed by atoms with van der Waals surface area (Å²) in [7, 11) is 3.79. The number of morpholine rings is 1. The number of likely N-dealkylation sites (tertiary alicyclic amines) is 1. The molecule has 0 spiro atoms. The summed E-state index contributed by atoms with van der Waals surface area (Å²) >= 11 is 0. The van der Waals surface area contributed by atoms with E-state index in [9.17, 15) is 4.79 Å². The molecular formula is C25H38N10O3. The number of aromatic nitrogens is 5. The first-order valence-electron chi connectivity index (χ1n) is 13.7. The van der Waals surface area contributed by atoms with E-state index < -0.39 is 6.04 Å². The van der Waals surface area contributed by atoms with Gasteiger partial charge in [-0.15, -0.1) is 0 Å². The van der Waals surface area contributed by atoms with Gasteiger partial charge in [-0.2, -0.15) is 20.1 Å². The van der Waals surface area contributed by atoms with E-state index in [1.54, 1.807) is 7.11 Å². The van der Waals surface area contributed by atoms with E-state index in [-0.39, 0.29) is 18.1 Å². The van der Waals surface area contributed by atoms with Gasteiger partial charge in [0.15, 0.2) is 5.82 Å². The minimum absolute atomic E-state index is 0.00549. The molecular weight excluding hydrogens is 488 g/mol. The van der Waals surface area contributed by atoms with E-state index in [4.69, 9.17) is 24.4 Å². The number of H-pyrrole nitrogens is 1. The summed E-state index contributed by atoms with van der Waals surface area (Å²) in [5.74, 6) is 2.65. The van der Waals surface area contributed by atoms with E-state index in [1.165, 1.54) is 12.8 Å². The first-order chi connectivity index (χ1) is 18.6. The van der Waals surface area contributed by atoms with Crippen LogP contribution in [-0.2, 0) is 14.3 Å². The molecule has 5 heterocycles. The van der Waals surface area contributed by atoms with Crippen molar-refractivity contribution in [2.75, 3.05) is 75.2 Å². The van der Waals surface area contributed by atoms with Crippen molar-refractivity contribution in [2.45, 2.75) is 56.2 Å². The number of likely N-dealkylation sites (N-methyl/N-ethyl adjacent to an activating group) is 1. The molecule has 206 valence electrons. The molecule has 38 heavy (non-hydrogen) atoms. The smallest absolute Gasteiger partial charge is 0.243 e. The quantitative estimate of drug-likeness (QED) is 0.452. The summed E-state index contributed by atoms with van der Waals surface area (Å²) in [4.78, 5) is 34.2. The second kappa shape index (κ2) is 11.0. The molecule has 2 aromatic heterocycles. The zero-order chi connectivity index (χ0) is 26.1. The van der Waals surface area contributed by atoms with Gasteiger partial charge in [0.2, 0.25) is 23.8 Å². The molecule has 3 saturated heterocycles. The molecule has 4 fully saturated rings. The van der Waals surface area contributed by atoms with Crippen LogP contribution in [0.5, 0.6) is 0 Å². The molecule has 3 aliphatic heterocycles. The number of aromatic amines is 1. The number of carbonyl (C=O) groups is 1. The van der Waals surface area contributed by atoms with Crippen molar-refractivity contribution in [3.8, 4) is 0 Å². The highest BCUT2D eigenvalue weighted by atomic mass is 16.5. The van der Waals surface area contributed by atoms with Crippen LogP contribution in [0, 0.1) is 0 Å². The number of nitrogens with zero attached hydrogens (tertiary/aromatic N) is 7. The summed E-state index contributed by atoms with van der Waals surface area (Å²) in [6, 6.07) is 1.74. The number of anilines is 4. The molecule has 13 nitrogen and oxygen atoms in total. The monoisotopic (exact) mass is 526 g/mol. The topological polar surface area (TPSA) is 137 Å². The zero-order valence-electron chi connectivity index (χ0n) is 22.2. The SMILES string of the molecule is CO[C@H]1C[C@@H](C(=O)N[C@@H]2CCCN(C)C2)N(c2nc(Nc3cc(C4CC4)[nH]n3)nc(N3CCOCC3)n2)C1. The molecule has 0 bridgehead atoms. The fraction of sp³-hybridized carbons (Fsp3) is 0.720. The first kappa shape index (κ1) is 25.3. The van der Waals surface area contributed by atoms with E-state index >= 15 is 0 Å². The molecule has 0 aromatic carbocycles. The Labute approximate surface area is 222 Å². The van der Waals surface area contributed by atoms with Crippen molar-refractivity contribution in [3.05, 3.63) is 11.8 Å². The number of methoxy groups -OCH3 is 1. The fourth-order valence-corrected chi connectivity index (χ4v) is 5.58. The first-order valence-corrected chi connectivity index (χ1v) is 13.7. The van der Waals surface area contributed by atoms with Crippen molar-refractivity contribution >= 4 is 29.6 Å². The third-order valence-corrected chi connectivity index (χ3v) is 7.89. The normalized spacial score (nSPS) is 26.5. The number of amides is 1. The summed E-state index contributed by atoms with van der Waals surface area (Å²) < 4.78 is 11.2. The van der Waals surface area contributed by atoms with Crippen LogP contribution in [0.15, 0.2) is 6.07 Å². The molecule has 1 saturated carbocycles. The average Bonchev–Trinajstić information content (AvgIpc) is 3.51. The Morgan fingerprint density at radius 2 is 1.92 bits per heavy atom. The Balaban J connectivity index is 1.27. The molecule has 0 radical (unpaired) electrons. The Morgan fingerprint density at radius 3 is 2.68 bits per heavy atom. The van der Waals surface area contributed by atoms with E-state index in [2.05, 4.69) is 37.7 Å². The highest BCUT2D eigenvalue weighted by Crippen LogP contribution is 2.39. The highest BCUT2D eigenvalue weighted by molar-refractivity contribution is 5.86. The van der Waals surface area contributed by atoms with Gasteiger partial charge >= 0.3 is 0 Å². The predicted octanol–water partition coefficient (Wildman–Crippen LogP) is 0.856. The maximum atomic E-state index is 13.5. The van der Waals surface area contributed by atoms with Gasteiger partial charge in [0.05, 0.1) is 19.3 Å². The average molecular weight is 527 g/mol. The number of ether oxygens (including phenoxy) is 2. The van der Waals surface area contributed by atoms with E-state index in [1.807, 2.05) is 11.0 Å². The summed E-state index contributed by atoms with van der Waals surface area (Å²) in [6.45, 7) is 5.07. The van der Waals surface area contributed by atoms with Gasteiger partial charge < -0.3 is 34.8 Å². The van der Waals surface area contributed by atoms with E-state index in [0.717, 1.165) is 31.6 Å². The van der Waals surface area contributed by atoms with Crippen LogP contribution in [0.3, 0.4) is 0 Å². The van der Waals surface area contributed by atoms with Crippen molar-refractivity contribution < 1.29 is 14.3 Å². The summed E-state index contributed by atoms with van der Waals surface area (Å²) in [5.41, 5.74) is 1.13. The fourth-order valence-electron chi connectivity index (χ4n) is 5.58. The second-order valence-corrected chi connectivity index (χ2v) is 10.8. The molecule has 1 aliphatic carbocycles. The van der Waals surface area contributed by atoms with Gasteiger partial charge in [0.25, 0.3) is 0 Å². The third-order valence-electron chi connectivity index (χ3n) is 7.89. The zero-order valence-corrected chi connectivity index (χ0v) is 22.2. The number of hydrogen-bond acceptors (Lipinski definition) is 11. The Kier molecular flexibility index (Phi) is 7.30. The number of rotatable bonds is 8. The largest absolute Gasteiger partial charge is 0.380 e. The lowest BCUT2D eigenvalue weighted by Gasteiger charge is -2.32. The van der Waals surface area contributed by atoms with Crippen LogP contribution in [0.1, 0.15) is 43.7 Å². The van der Waals surface area contributed by atoms with Crippen molar-refractivity contribution in [2.24, 2.45) is 0 Å². The Hall–Kier alpha value is -3.03. The van der Waals surface area contributed by atoms with E-state index in [0.29, 0.717) is 68.8 Å². The number of piperidine rings is 1. The Bertz CT molecular complexity index is 1120. The lowest BCUT2D eigenvalue weighted by Crippen LogP contribution is -2.52. The minimum Gasteiger partial charge on any atom is -0.380 e. The lowest BCUT2D eigenvalue weighted by molar-refractivity contribution is -0.123. The summed E-state index contributed by atoms with van der Waals surface area (Å²) in [6.07, 6.45) is 4.94. The van der Waals surface area contributed by atoms with Gasteiger partial charge in [-0.05, 0) is 39.3 Å². The standard InChI is InChI=1S/C25H38N10O3/c1-33-7-3-4-17(14-33)26-22(36)20-12-18(37-2)15-35(20)25-29-23(27-21-13-19(31-32-21)16-5-6-16)28-24(30-25)34-8-10-38-11-9-34/h13,16-18,20H,3-12,14-15H2,1-2H3,(H,26,36)(H2,27,28,29,30,31,32)/t17-,18+,20+/m1/s1. The van der Waals surface area contributed by atoms with Gasteiger partial charge in [-0.3, -0.25) is 9.89 Å². The Morgan fingerprint density at radius 1 is 1.11 bits per heavy atom. The summed E-state index contributed by atoms with van der Waals surface area (Å²) in [5, 5.41) is 14.1.